The maximum atomic E-state index is 12.6. The van der Waals surface area contributed by atoms with E-state index in [2.05, 4.69) is 0 Å². The first-order valence-corrected chi connectivity index (χ1v) is 8.66. The second kappa shape index (κ2) is 6.16. The monoisotopic (exact) mass is 428 g/mol. The Morgan fingerprint density at radius 2 is 2.27 bits per heavy atom. The Bertz CT molecular complexity index is 451. The van der Waals surface area contributed by atoms with Crippen LogP contribution in [0.2, 0.25) is 0 Å². The molecule has 0 aromatic rings. The summed E-state index contributed by atoms with van der Waals surface area (Å²) in [7, 11) is 1.63. The molecule has 1 unspecified atom stereocenters. The minimum atomic E-state index is -0.487. The third-order valence-corrected chi connectivity index (χ3v) is 5.45. The maximum Gasteiger partial charge on any atom is 0.194 e. The molecule has 1 aliphatic carbocycles. The predicted octanol–water partition coefficient (Wildman–Crippen LogP) is 2.31. The van der Waals surface area contributed by atoms with E-state index in [0.717, 1.165) is 12.7 Å². The molecule has 22 heavy (non-hydrogen) atoms. The lowest BCUT2D eigenvalue weighted by molar-refractivity contribution is -0.116. The number of epoxide rings is 2. The van der Waals surface area contributed by atoms with Gasteiger partial charge in [-0.05, 0) is 42.4 Å². The van der Waals surface area contributed by atoms with Crippen LogP contribution in [0.5, 0.6) is 0 Å². The normalized spacial score (nSPS) is 47.6. The van der Waals surface area contributed by atoms with E-state index in [0.29, 0.717) is 26.1 Å². The Morgan fingerprint density at radius 1 is 1.55 bits per heavy atom. The van der Waals surface area contributed by atoms with Crippen LogP contribution in [0, 0.1) is 5.92 Å². The highest BCUT2D eigenvalue weighted by atomic mass is 127. The maximum absolute atomic E-state index is 12.6. The van der Waals surface area contributed by atoms with Gasteiger partial charge in [0.2, 0.25) is 0 Å². The summed E-state index contributed by atoms with van der Waals surface area (Å²) in [6.07, 6.45) is 2.57. The Balaban J connectivity index is 1.63. The number of aliphatic hydroxyl groups excluding tert-OH is 1. The van der Waals surface area contributed by atoms with Crippen LogP contribution in [0.15, 0.2) is 10.1 Å². The molecule has 3 rings (SSSR count). The summed E-state index contributed by atoms with van der Waals surface area (Å²) in [5.74, 6) is 0.00982. The van der Waals surface area contributed by atoms with Gasteiger partial charge in [-0.2, -0.15) is 4.39 Å². The van der Waals surface area contributed by atoms with Crippen molar-refractivity contribution in [2.45, 2.75) is 55.7 Å². The molecular formula is C15H22FIO5. The lowest BCUT2D eigenvalue weighted by atomic mass is 9.68. The van der Waals surface area contributed by atoms with Crippen LogP contribution in [0.4, 0.5) is 4.39 Å². The highest BCUT2D eigenvalue weighted by molar-refractivity contribution is 14.1. The molecule has 1 saturated carbocycles. The van der Waals surface area contributed by atoms with Gasteiger partial charge >= 0.3 is 0 Å². The van der Waals surface area contributed by atoms with Gasteiger partial charge in [-0.15, -0.1) is 0 Å². The van der Waals surface area contributed by atoms with Gasteiger partial charge in [-0.1, -0.05) is 0 Å². The predicted molar refractivity (Wildman–Crippen MR) is 85.3 cm³/mol. The molecule has 6 atom stereocenters. The number of hydrogen-bond acceptors (Lipinski definition) is 5. The molecule has 0 amide bonds. The molecule has 5 nitrogen and oxygen atoms in total. The van der Waals surface area contributed by atoms with Crippen LogP contribution < -0.4 is 0 Å². The fourth-order valence-corrected chi connectivity index (χ4v) is 4.16. The van der Waals surface area contributed by atoms with Crippen molar-refractivity contribution in [3.63, 3.8) is 0 Å². The summed E-state index contributed by atoms with van der Waals surface area (Å²) >= 11 is 1.56. The Kier molecular flexibility index (Phi) is 4.73. The van der Waals surface area contributed by atoms with Crippen molar-refractivity contribution in [3.8, 4) is 0 Å². The van der Waals surface area contributed by atoms with Crippen molar-refractivity contribution >= 4 is 22.6 Å². The summed E-state index contributed by atoms with van der Waals surface area (Å²) in [6.45, 7) is 3.15. The van der Waals surface area contributed by atoms with Crippen LogP contribution in [-0.2, 0) is 18.9 Å². The summed E-state index contributed by atoms with van der Waals surface area (Å²) in [5, 5.41) is 10.2. The molecule has 2 heterocycles. The van der Waals surface area contributed by atoms with E-state index < -0.39 is 6.10 Å². The smallest absolute Gasteiger partial charge is 0.194 e. The van der Waals surface area contributed by atoms with E-state index >= 15 is 0 Å². The molecule has 0 radical (unpaired) electrons. The van der Waals surface area contributed by atoms with E-state index in [9.17, 15) is 9.50 Å². The van der Waals surface area contributed by atoms with Gasteiger partial charge in [0.25, 0.3) is 0 Å². The number of methoxy groups -OCH3 is 1. The molecule has 0 bridgehead atoms. The lowest BCUT2D eigenvalue weighted by Gasteiger charge is -2.41. The van der Waals surface area contributed by atoms with Crippen molar-refractivity contribution in [3.05, 3.63) is 10.1 Å². The second-order valence-electron chi connectivity index (χ2n) is 6.49. The molecule has 2 saturated heterocycles. The van der Waals surface area contributed by atoms with E-state index in [1.54, 1.807) is 29.7 Å². The van der Waals surface area contributed by atoms with Crippen LogP contribution in [0.1, 0.15) is 26.2 Å². The Morgan fingerprint density at radius 3 is 2.86 bits per heavy atom. The number of rotatable bonds is 6. The summed E-state index contributed by atoms with van der Waals surface area (Å²) < 4.78 is 34.6. The summed E-state index contributed by atoms with van der Waals surface area (Å²) in [6, 6.07) is 0. The van der Waals surface area contributed by atoms with Gasteiger partial charge in [0.1, 0.15) is 11.9 Å². The standard InChI is InChI=1S/C15H22FIO5/c1-14(10(22-14)4-6-20-7-11(16)17)13-12(19-2)9(18)3-5-15(13)8-21-15/h7,9-10,12-13,18H,3-6,8H2,1-2H3/b11-7-/t9-,10-,12-,13-,14?,15+/m1/s1. The van der Waals surface area contributed by atoms with Gasteiger partial charge in [-0.25, -0.2) is 0 Å². The Labute approximate surface area is 143 Å². The van der Waals surface area contributed by atoms with Crippen LogP contribution in [0.25, 0.3) is 0 Å². The molecule has 3 fully saturated rings. The highest BCUT2D eigenvalue weighted by Gasteiger charge is 2.71. The zero-order valence-electron chi connectivity index (χ0n) is 12.8. The van der Waals surface area contributed by atoms with E-state index in [1.807, 2.05) is 6.92 Å². The molecule has 0 aromatic heterocycles. The molecular weight excluding hydrogens is 406 g/mol. The van der Waals surface area contributed by atoms with Crippen molar-refractivity contribution in [1.29, 1.82) is 0 Å². The van der Waals surface area contributed by atoms with Crippen LogP contribution in [0.3, 0.4) is 0 Å². The third-order valence-electron chi connectivity index (χ3n) is 5.19. The van der Waals surface area contributed by atoms with Crippen LogP contribution in [-0.4, -0.2) is 54.9 Å². The van der Waals surface area contributed by atoms with Crippen molar-refractivity contribution < 1.29 is 28.4 Å². The summed E-state index contributed by atoms with van der Waals surface area (Å²) in [4.78, 5) is 0. The minimum Gasteiger partial charge on any atom is -0.498 e. The number of hydrogen-bond donors (Lipinski definition) is 1. The first kappa shape index (κ1) is 16.9. The largest absolute Gasteiger partial charge is 0.498 e. The average molecular weight is 428 g/mol. The summed E-state index contributed by atoms with van der Waals surface area (Å²) in [5.41, 5.74) is -0.590. The molecule has 1 N–H and O–H groups in total. The number of halogens is 2. The molecule has 2 aliphatic heterocycles. The van der Waals surface area contributed by atoms with Gasteiger partial charge in [0, 0.05) is 13.5 Å². The first-order chi connectivity index (χ1) is 10.4. The fraction of sp³-hybridized carbons (Fsp3) is 0.867. The molecule has 126 valence electrons. The Hall–Kier alpha value is 0.0400. The van der Waals surface area contributed by atoms with Crippen LogP contribution >= 0.6 is 22.6 Å². The average Bonchev–Trinajstić information content (AvgIpc) is 3.36. The first-order valence-electron chi connectivity index (χ1n) is 7.58. The molecule has 7 heteroatoms. The van der Waals surface area contributed by atoms with E-state index in [4.69, 9.17) is 18.9 Å². The van der Waals surface area contributed by atoms with Gasteiger partial charge in [0.15, 0.2) is 3.83 Å². The van der Waals surface area contributed by atoms with Crippen molar-refractivity contribution in [2.75, 3.05) is 20.3 Å². The zero-order chi connectivity index (χ0) is 16.0. The minimum absolute atomic E-state index is 0.00982. The zero-order valence-corrected chi connectivity index (χ0v) is 14.9. The molecule has 3 aliphatic rings. The van der Waals surface area contributed by atoms with Gasteiger partial charge < -0.3 is 24.1 Å². The van der Waals surface area contributed by atoms with Gasteiger partial charge in [-0.3, -0.25) is 0 Å². The highest BCUT2D eigenvalue weighted by Crippen LogP contribution is 2.59. The second-order valence-corrected chi connectivity index (χ2v) is 7.53. The number of aliphatic hydroxyl groups is 1. The van der Waals surface area contributed by atoms with E-state index in [-0.39, 0.29) is 33.2 Å². The fourth-order valence-electron chi connectivity index (χ4n) is 3.98. The van der Waals surface area contributed by atoms with Crippen molar-refractivity contribution in [2.24, 2.45) is 5.92 Å². The van der Waals surface area contributed by atoms with E-state index in [1.165, 1.54) is 0 Å². The van der Waals surface area contributed by atoms with Crippen molar-refractivity contribution in [1.82, 2.24) is 0 Å². The lowest BCUT2D eigenvalue weighted by Crippen LogP contribution is -2.54. The SMILES string of the molecule is CO[C@@H]1[C@H](O)CC[C@]2(CO2)[C@H]1C1(C)O[C@@H]1CCO/C=C(/F)I. The molecule has 0 aromatic carbocycles. The number of ether oxygens (including phenoxy) is 4. The topological polar surface area (TPSA) is 63.8 Å². The third kappa shape index (κ3) is 3.02. The quantitative estimate of drug-likeness (QED) is 0.305. The van der Waals surface area contributed by atoms with Gasteiger partial charge in [0.05, 0.1) is 43.0 Å². The molecule has 1 spiro atoms.